The molecule has 2 aliphatic rings. The van der Waals surface area contributed by atoms with E-state index in [-0.39, 0.29) is 0 Å². The van der Waals surface area contributed by atoms with Crippen molar-refractivity contribution in [3.8, 4) is 0 Å². The number of sulfone groups is 1. The molecule has 0 atom stereocenters. The van der Waals surface area contributed by atoms with Gasteiger partial charge in [-0.25, -0.2) is 13.4 Å². The lowest BCUT2D eigenvalue weighted by Gasteiger charge is -2.45. The highest BCUT2D eigenvalue weighted by molar-refractivity contribution is 8.00. The zero-order valence-electron chi connectivity index (χ0n) is 12.4. The molecule has 1 aliphatic heterocycles. The zero-order valence-corrected chi connectivity index (χ0v) is 14.0. The van der Waals surface area contributed by atoms with Gasteiger partial charge in [-0.1, -0.05) is 19.3 Å². The van der Waals surface area contributed by atoms with Crippen LogP contribution in [0.3, 0.4) is 0 Å². The van der Waals surface area contributed by atoms with E-state index in [0.29, 0.717) is 15.5 Å². The summed E-state index contributed by atoms with van der Waals surface area (Å²) in [7, 11) is -3.24. The van der Waals surface area contributed by atoms with Crippen LogP contribution < -0.4 is 4.90 Å². The summed E-state index contributed by atoms with van der Waals surface area (Å²) in [5.41, 5.74) is 0. The van der Waals surface area contributed by atoms with Gasteiger partial charge in [-0.2, -0.15) is 11.8 Å². The Labute approximate surface area is 131 Å². The predicted octanol–water partition coefficient (Wildman–Crippen LogP) is 2.74. The number of hydrogen-bond acceptors (Lipinski definition) is 5. The van der Waals surface area contributed by atoms with E-state index in [1.165, 1.54) is 38.4 Å². The van der Waals surface area contributed by atoms with E-state index in [0.717, 1.165) is 18.8 Å². The van der Waals surface area contributed by atoms with Crippen LogP contribution in [-0.2, 0) is 9.84 Å². The molecule has 1 aromatic heterocycles. The van der Waals surface area contributed by atoms with E-state index in [4.69, 9.17) is 0 Å². The molecule has 0 unspecified atom stereocenters. The Morgan fingerprint density at radius 2 is 2.05 bits per heavy atom. The second-order valence-corrected chi connectivity index (χ2v) is 9.66. The van der Waals surface area contributed by atoms with Crippen LogP contribution in [0.5, 0.6) is 0 Å². The molecule has 0 N–H and O–H groups in total. The van der Waals surface area contributed by atoms with Gasteiger partial charge in [0.05, 0.1) is 0 Å². The average molecular weight is 326 g/mol. The smallest absolute Gasteiger partial charge is 0.179 e. The Morgan fingerprint density at radius 3 is 2.76 bits per heavy atom. The van der Waals surface area contributed by atoms with Crippen molar-refractivity contribution in [2.75, 3.05) is 30.0 Å². The van der Waals surface area contributed by atoms with E-state index in [2.05, 4.69) is 21.6 Å². The number of aromatic nitrogens is 1. The minimum absolute atomic E-state index is 0.308. The summed E-state index contributed by atoms with van der Waals surface area (Å²) in [6.45, 7) is 1.81. The summed E-state index contributed by atoms with van der Waals surface area (Å²) in [5, 5.41) is 0. The van der Waals surface area contributed by atoms with Crippen LogP contribution in [-0.4, -0.2) is 43.2 Å². The molecule has 116 valence electrons. The van der Waals surface area contributed by atoms with Crippen molar-refractivity contribution >= 4 is 27.4 Å². The maximum Gasteiger partial charge on any atom is 0.179 e. The van der Waals surface area contributed by atoms with Crippen molar-refractivity contribution < 1.29 is 8.42 Å². The third-order valence-electron chi connectivity index (χ3n) is 4.46. The maximum atomic E-state index is 12.0. The molecule has 0 radical (unpaired) electrons. The van der Waals surface area contributed by atoms with Gasteiger partial charge >= 0.3 is 0 Å². The molecule has 1 spiro atoms. The Hall–Kier alpha value is -0.750. The fourth-order valence-electron chi connectivity index (χ4n) is 3.43. The summed E-state index contributed by atoms with van der Waals surface area (Å²) in [4.78, 5) is 6.94. The summed E-state index contributed by atoms with van der Waals surface area (Å²) < 4.78 is 24.3. The number of anilines is 1. The van der Waals surface area contributed by atoms with E-state index >= 15 is 0 Å². The highest BCUT2D eigenvalue weighted by Gasteiger charge is 2.38. The van der Waals surface area contributed by atoms with Crippen LogP contribution >= 0.6 is 11.8 Å². The van der Waals surface area contributed by atoms with Crippen LogP contribution in [0.15, 0.2) is 23.2 Å². The second kappa shape index (κ2) is 5.80. The molecule has 1 aromatic rings. The van der Waals surface area contributed by atoms with Crippen LogP contribution in [0.25, 0.3) is 0 Å². The van der Waals surface area contributed by atoms with Gasteiger partial charge in [0.2, 0.25) is 0 Å². The number of pyridine rings is 1. The maximum absolute atomic E-state index is 12.0. The molecule has 4 nitrogen and oxygen atoms in total. The van der Waals surface area contributed by atoms with Crippen molar-refractivity contribution in [1.29, 1.82) is 0 Å². The summed E-state index contributed by atoms with van der Waals surface area (Å²) >= 11 is 2.08. The Morgan fingerprint density at radius 1 is 1.29 bits per heavy atom. The normalized spacial score (nSPS) is 22.4. The third-order valence-corrected chi connectivity index (χ3v) is 7.12. The van der Waals surface area contributed by atoms with Gasteiger partial charge in [0, 0.05) is 36.0 Å². The third kappa shape index (κ3) is 3.21. The van der Waals surface area contributed by atoms with Crippen molar-refractivity contribution in [3.63, 3.8) is 0 Å². The molecule has 0 aromatic carbocycles. The lowest BCUT2D eigenvalue weighted by Crippen LogP contribution is -2.48. The van der Waals surface area contributed by atoms with Crippen LogP contribution in [0.2, 0.25) is 0 Å². The number of hydrogen-bond donors (Lipinski definition) is 0. The predicted molar refractivity (Wildman–Crippen MR) is 87.8 cm³/mol. The van der Waals surface area contributed by atoms with E-state index in [1.54, 1.807) is 18.3 Å². The first kappa shape index (κ1) is 15.2. The molecule has 1 saturated carbocycles. The molecule has 3 rings (SSSR count). The lowest BCUT2D eigenvalue weighted by molar-refractivity contribution is 0.389. The van der Waals surface area contributed by atoms with Gasteiger partial charge in [-0.05, 0) is 25.0 Å². The molecular formula is C15H22N2O2S2. The summed E-state index contributed by atoms with van der Waals surface area (Å²) in [6, 6.07) is 3.38. The van der Waals surface area contributed by atoms with Gasteiger partial charge in [0.1, 0.15) is 10.7 Å². The van der Waals surface area contributed by atoms with E-state index in [9.17, 15) is 8.42 Å². The molecule has 1 saturated heterocycles. The quantitative estimate of drug-likeness (QED) is 0.836. The zero-order chi connectivity index (χ0) is 14.9. The standard InChI is InChI=1S/C15H22N2O2S2/c1-21(18,19)13-6-5-9-16-14(13)17-10-11-20-15(12-17)7-3-2-4-8-15/h5-6,9H,2-4,7-8,10-12H2,1H3. The Balaban J connectivity index is 1.90. The molecule has 6 heteroatoms. The van der Waals surface area contributed by atoms with Gasteiger partial charge < -0.3 is 4.90 Å². The van der Waals surface area contributed by atoms with Crippen LogP contribution in [0.4, 0.5) is 5.82 Å². The molecule has 2 fully saturated rings. The van der Waals surface area contributed by atoms with Gasteiger partial charge in [0.15, 0.2) is 9.84 Å². The highest BCUT2D eigenvalue weighted by Crippen LogP contribution is 2.44. The SMILES string of the molecule is CS(=O)(=O)c1cccnc1N1CCSC2(CCCCC2)C1. The fraction of sp³-hybridized carbons (Fsp3) is 0.667. The molecule has 0 bridgehead atoms. The first-order chi connectivity index (χ1) is 10.0. The number of nitrogens with zero attached hydrogens (tertiary/aromatic N) is 2. The molecule has 2 heterocycles. The lowest BCUT2D eigenvalue weighted by atomic mass is 9.87. The van der Waals surface area contributed by atoms with Crippen LogP contribution in [0.1, 0.15) is 32.1 Å². The summed E-state index contributed by atoms with van der Waals surface area (Å²) in [6.07, 6.45) is 9.37. The fourth-order valence-corrected chi connectivity index (χ4v) is 5.84. The number of thioether (sulfide) groups is 1. The minimum Gasteiger partial charge on any atom is -0.353 e. The summed E-state index contributed by atoms with van der Waals surface area (Å²) in [5.74, 6) is 1.70. The number of rotatable bonds is 2. The molecule has 1 aliphatic carbocycles. The van der Waals surface area contributed by atoms with E-state index < -0.39 is 9.84 Å². The van der Waals surface area contributed by atoms with Gasteiger partial charge in [0.25, 0.3) is 0 Å². The Kier molecular flexibility index (Phi) is 4.19. The molecule has 21 heavy (non-hydrogen) atoms. The van der Waals surface area contributed by atoms with Crippen molar-refractivity contribution in [2.45, 2.75) is 41.7 Å². The second-order valence-electron chi connectivity index (χ2n) is 6.11. The monoisotopic (exact) mass is 326 g/mol. The minimum atomic E-state index is -3.24. The van der Waals surface area contributed by atoms with Gasteiger partial charge in [-0.3, -0.25) is 0 Å². The van der Waals surface area contributed by atoms with Crippen molar-refractivity contribution in [1.82, 2.24) is 4.98 Å². The molecule has 0 amide bonds. The van der Waals surface area contributed by atoms with Crippen molar-refractivity contribution in [2.24, 2.45) is 0 Å². The average Bonchev–Trinajstić information content (AvgIpc) is 2.47. The van der Waals surface area contributed by atoms with Crippen molar-refractivity contribution in [3.05, 3.63) is 18.3 Å². The largest absolute Gasteiger partial charge is 0.353 e. The first-order valence-corrected chi connectivity index (χ1v) is 10.4. The van der Waals surface area contributed by atoms with E-state index in [1.807, 2.05) is 0 Å². The van der Waals surface area contributed by atoms with Gasteiger partial charge in [-0.15, -0.1) is 0 Å². The van der Waals surface area contributed by atoms with Crippen LogP contribution in [0, 0.1) is 0 Å². The molecular weight excluding hydrogens is 304 g/mol. The Bertz CT molecular complexity index is 604. The topological polar surface area (TPSA) is 50.3 Å². The highest BCUT2D eigenvalue weighted by atomic mass is 32.2. The first-order valence-electron chi connectivity index (χ1n) is 7.54.